The summed E-state index contributed by atoms with van der Waals surface area (Å²) < 4.78 is 62.1. The van der Waals surface area contributed by atoms with E-state index in [-0.39, 0.29) is 47.4 Å². The van der Waals surface area contributed by atoms with Crippen molar-refractivity contribution >= 4 is 75.1 Å². The monoisotopic (exact) mass is 946 g/mol. The van der Waals surface area contributed by atoms with E-state index >= 15 is 0 Å². The standard InChI is InChI=1S/C31H48N7O19P3S/c1-17(12-20(40)41)30(2,3)8-6-21(42)61-11-10-33-19(39)7-9-34-28(45)25(44)31(4,5)14-54-60(51,52)57-59(49,50)53-13-18-24(56-58(46,47)48)23(43)29(55-18)38-16-37-22-26(32)35-15-36-27(22)38/h6,8,12,15-16,18,23-25,29,43-44H,7,9-11,13-14H2,1-5H3,(H,33,39)(H,34,45)(H,40,41)(H,49,50)(H,51,52)(H2,32,35,36)(H2,46,47,48)/p-1/b8-6+,17-12-. The average molecular weight is 947 g/mol. The number of carboxylic acids is 1. The number of allylic oxidation sites excluding steroid dienone is 2. The molecule has 0 spiro atoms. The number of fused-ring (bicyclic) bond motifs is 1. The van der Waals surface area contributed by atoms with Crippen LogP contribution < -0.4 is 21.5 Å². The van der Waals surface area contributed by atoms with Gasteiger partial charge in [-0.1, -0.05) is 51.1 Å². The molecule has 7 atom stereocenters. The SMILES string of the molecule is C/C(=C/C(=O)[O-])C(C)(C)/C=C/C(=O)SCCNC(=O)CCNC(=O)C(O)C(C)(C)COP(=O)(O)OP(=O)(O)OCC1OC(n2cnc3c(N)ncnc32)C(O)C1OP(=O)(O)O. The van der Waals surface area contributed by atoms with Crippen LogP contribution >= 0.6 is 35.2 Å². The number of carbonyl (C=O) groups is 4. The zero-order valence-electron chi connectivity index (χ0n) is 33.1. The minimum atomic E-state index is -5.60. The third kappa shape index (κ3) is 16.0. The molecular weight excluding hydrogens is 899 g/mol. The van der Waals surface area contributed by atoms with Gasteiger partial charge >= 0.3 is 23.5 Å². The number of aromatic nitrogens is 4. The number of anilines is 1. The summed E-state index contributed by atoms with van der Waals surface area (Å²) >= 11 is 0.902. The maximum Gasteiger partial charge on any atom is 0.481 e. The number of nitrogens with zero attached hydrogens (tertiary/aromatic N) is 4. The molecular formula is C31H47N7O19P3S-. The van der Waals surface area contributed by atoms with Gasteiger partial charge in [0.1, 0.15) is 36.3 Å². The van der Waals surface area contributed by atoms with Gasteiger partial charge in [-0.3, -0.25) is 32.5 Å². The summed E-state index contributed by atoms with van der Waals surface area (Å²) in [6.45, 7) is 5.25. The van der Waals surface area contributed by atoms with Gasteiger partial charge in [0.15, 0.2) is 17.7 Å². The first-order valence-corrected chi connectivity index (χ1v) is 23.2. The Morgan fingerprint density at radius 2 is 1.70 bits per heavy atom. The maximum absolute atomic E-state index is 12.7. The van der Waals surface area contributed by atoms with Gasteiger partial charge in [-0.2, -0.15) is 4.31 Å². The van der Waals surface area contributed by atoms with Crippen molar-refractivity contribution in [3.63, 3.8) is 0 Å². The van der Waals surface area contributed by atoms with E-state index in [1.165, 1.54) is 19.9 Å². The Hall–Kier alpha value is -3.49. The van der Waals surface area contributed by atoms with E-state index in [1.807, 2.05) is 0 Å². The fourth-order valence-corrected chi connectivity index (χ4v) is 8.50. The molecule has 61 heavy (non-hydrogen) atoms. The molecule has 342 valence electrons. The molecule has 0 aliphatic carbocycles. The third-order valence-electron chi connectivity index (χ3n) is 8.73. The van der Waals surface area contributed by atoms with Crippen LogP contribution in [0.5, 0.6) is 0 Å². The Morgan fingerprint density at radius 1 is 1.05 bits per heavy atom. The highest BCUT2D eigenvalue weighted by Crippen LogP contribution is 2.61. The number of ether oxygens (including phenoxy) is 1. The Bertz CT molecular complexity index is 2130. The third-order valence-corrected chi connectivity index (χ3v) is 12.7. The second-order valence-electron chi connectivity index (χ2n) is 14.4. The fourth-order valence-electron chi connectivity index (χ4n) is 5.10. The Morgan fingerprint density at radius 3 is 2.34 bits per heavy atom. The largest absolute Gasteiger partial charge is 0.545 e. The minimum absolute atomic E-state index is 0.0183. The van der Waals surface area contributed by atoms with Crippen LogP contribution in [-0.2, 0) is 55.5 Å². The van der Waals surface area contributed by atoms with E-state index in [0.29, 0.717) is 5.57 Å². The van der Waals surface area contributed by atoms with Gasteiger partial charge in [-0.25, -0.2) is 28.6 Å². The number of nitrogen functional groups attached to an aromatic ring is 1. The number of thioether (sulfide) groups is 1. The number of nitrogens with one attached hydrogen (secondary N) is 2. The summed E-state index contributed by atoms with van der Waals surface area (Å²) in [6, 6.07) is 0. The van der Waals surface area contributed by atoms with E-state index in [1.54, 1.807) is 26.8 Å². The lowest BCUT2D eigenvalue weighted by atomic mass is 9.84. The molecule has 3 rings (SSSR count). The van der Waals surface area contributed by atoms with Crippen molar-refractivity contribution in [1.29, 1.82) is 0 Å². The number of aliphatic hydroxyl groups excluding tert-OH is 2. The molecule has 0 radical (unpaired) electrons. The molecule has 0 aromatic carbocycles. The molecule has 2 aromatic heterocycles. The number of phosphoric ester groups is 3. The predicted molar refractivity (Wildman–Crippen MR) is 209 cm³/mol. The lowest BCUT2D eigenvalue weighted by Crippen LogP contribution is -2.46. The number of amides is 2. The first-order valence-electron chi connectivity index (χ1n) is 17.7. The smallest absolute Gasteiger partial charge is 0.481 e. The van der Waals surface area contributed by atoms with E-state index in [0.717, 1.165) is 35.1 Å². The van der Waals surface area contributed by atoms with Crippen LogP contribution in [0, 0.1) is 10.8 Å². The number of hydrogen-bond acceptors (Lipinski definition) is 20. The van der Waals surface area contributed by atoms with Crippen LogP contribution in [0.2, 0.25) is 0 Å². The van der Waals surface area contributed by atoms with Crippen molar-refractivity contribution in [1.82, 2.24) is 30.2 Å². The molecule has 0 bridgehead atoms. The molecule has 26 nitrogen and oxygen atoms in total. The van der Waals surface area contributed by atoms with Crippen molar-refractivity contribution in [2.24, 2.45) is 10.8 Å². The zero-order valence-corrected chi connectivity index (χ0v) is 36.6. The quantitative estimate of drug-likeness (QED) is 0.0364. The molecule has 30 heteroatoms. The number of carboxylic acid groups (broad SMARTS) is 1. The lowest BCUT2D eigenvalue weighted by molar-refractivity contribution is -0.297. The van der Waals surface area contributed by atoms with E-state index in [9.17, 15) is 67.8 Å². The first kappa shape index (κ1) is 51.9. The maximum atomic E-state index is 12.7. The first-order chi connectivity index (χ1) is 28.0. The van der Waals surface area contributed by atoms with Crippen LogP contribution in [0.15, 0.2) is 36.5 Å². The number of hydrogen-bond donors (Lipinski definition) is 9. The molecule has 1 fully saturated rings. The summed E-state index contributed by atoms with van der Waals surface area (Å²) in [4.78, 5) is 98.7. The molecule has 2 amide bonds. The predicted octanol–water partition coefficient (Wildman–Crippen LogP) is -1.06. The molecule has 2 aromatic rings. The lowest BCUT2D eigenvalue weighted by Gasteiger charge is -2.30. The number of rotatable bonds is 23. The van der Waals surface area contributed by atoms with Gasteiger partial charge in [0.25, 0.3) is 0 Å². The second kappa shape index (κ2) is 21.3. The highest BCUT2D eigenvalue weighted by atomic mass is 32.2. The van der Waals surface area contributed by atoms with Crippen molar-refractivity contribution in [2.45, 2.75) is 71.7 Å². The number of aliphatic hydroxyl groups is 2. The Labute approximate surface area is 351 Å². The Balaban J connectivity index is 1.45. The molecule has 1 aliphatic heterocycles. The van der Waals surface area contributed by atoms with Gasteiger partial charge in [0.2, 0.25) is 16.9 Å². The zero-order chi connectivity index (χ0) is 46.1. The summed E-state index contributed by atoms with van der Waals surface area (Å²) in [5.74, 6) is -2.73. The van der Waals surface area contributed by atoms with Gasteiger partial charge in [-0.15, -0.1) is 0 Å². The van der Waals surface area contributed by atoms with Crippen LogP contribution in [0.3, 0.4) is 0 Å². The number of imidazole rings is 1. The summed E-state index contributed by atoms with van der Waals surface area (Å²) in [5.41, 5.74) is 3.95. The molecule has 10 N–H and O–H groups in total. The molecule has 1 aliphatic rings. The summed E-state index contributed by atoms with van der Waals surface area (Å²) in [5, 5.41) is 36.8. The van der Waals surface area contributed by atoms with Crippen LogP contribution in [0.4, 0.5) is 5.82 Å². The van der Waals surface area contributed by atoms with Crippen LogP contribution in [0.25, 0.3) is 11.2 Å². The van der Waals surface area contributed by atoms with Crippen molar-refractivity contribution < 1.29 is 90.4 Å². The van der Waals surface area contributed by atoms with Gasteiger partial charge in [0.05, 0.1) is 25.5 Å². The molecule has 3 heterocycles. The van der Waals surface area contributed by atoms with Crippen molar-refractivity contribution in [3.05, 3.63) is 36.5 Å². The average Bonchev–Trinajstić information content (AvgIpc) is 3.70. The fraction of sp³-hybridized carbons (Fsp3) is 0.581. The van der Waals surface area contributed by atoms with Crippen LogP contribution in [0.1, 0.15) is 47.3 Å². The van der Waals surface area contributed by atoms with E-state index in [4.69, 9.17) is 19.5 Å². The van der Waals surface area contributed by atoms with Gasteiger partial charge in [-0.05, 0) is 19.1 Å². The molecule has 1 saturated heterocycles. The summed E-state index contributed by atoms with van der Waals surface area (Å²) in [6.07, 6.45) is -3.33. The van der Waals surface area contributed by atoms with Crippen LogP contribution in [-0.4, -0.2) is 129 Å². The van der Waals surface area contributed by atoms with Crippen molar-refractivity contribution in [2.75, 3.05) is 37.8 Å². The highest BCUT2D eigenvalue weighted by molar-refractivity contribution is 8.14. The van der Waals surface area contributed by atoms with Gasteiger partial charge < -0.3 is 60.8 Å². The number of nitrogens with two attached hydrogens (primary N) is 1. The molecule has 7 unspecified atom stereocenters. The Kier molecular flexibility index (Phi) is 18.1. The number of carbonyl (C=O) groups excluding carboxylic acids is 4. The molecule has 0 saturated carbocycles. The normalized spacial score (nSPS) is 21.5. The van der Waals surface area contributed by atoms with Crippen molar-refractivity contribution in [3.8, 4) is 0 Å². The highest BCUT2D eigenvalue weighted by Gasteiger charge is 2.50. The van der Waals surface area contributed by atoms with Gasteiger partial charge in [0, 0.05) is 36.1 Å². The number of aliphatic carboxylic acids is 1. The van der Waals surface area contributed by atoms with E-state index in [2.05, 4.69) is 34.4 Å². The topological polar surface area (TPSA) is 404 Å². The summed E-state index contributed by atoms with van der Waals surface area (Å²) in [7, 11) is -16.5. The number of phosphoric acid groups is 3. The van der Waals surface area contributed by atoms with E-state index < -0.39 is 95.9 Å². The minimum Gasteiger partial charge on any atom is -0.545 e. The second-order valence-corrected chi connectivity index (χ2v) is 19.8.